The summed E-state index contributed by atoms with van der Waals surface area (Å²) in [7, 11) is 0. The number of fused-ring (bicyclic) bond motifs is 1. The number of anilines is 1. The highest BCUT2D eigenvalue weighted by Crippen LogP contribution is 2.29. The van der Waals surface area contributed by atoms with E-state index in [1.165, 1.54) is 6.07 Å². The van der Waals surface area contributed by atoms with Gasteiger partial charge in [0, 0.05) is 3.57 Å². The van der Waals surface area contributed by atoms with Gasteiger partial charge in [0.05, 0.1) is 17.6 Å². The Morgan fingerprint density at radius 1 is 1.39 bits per heavy atom. The average Bonchev–Trinajstić information content (AvgIpc) is 2.54. The molecule has 0 atom stereocenters. The minimum atomic E-state index is -4.13. The summed E-state index contributed by atoms with van der Waals surface area (Å²) in [5, 5.41) is 0. The van der Waals surface area contributed by atoms with Crippen molar-refractivity contribution in [3.63, 3.8) is 0 Å². The van der Waals surface area contributed by atoms with E-state index in [0.29, 0.717) is 11.0 Å². The highest BCUT2D eigenvalue weighted by Gasteiger charge is 2.41. The summed E-state index contributed by atoms with van der Waals surface area (Å²) in [6.07, 6.45) is -3.74. The van der Waals surface area contributed by atoms with Crippen molar-refractivity contribution in [2.45, 2.75) is 18.9 Å². The molecular formula is C10H8F4IN3. The fraction of sp³-hybridized carbons (Fsp3) is 0.300. The second-order valence-corrected chi connectivity index (χ2v) is 5.00. The predicted octanol–water partition coefficient (Wildman–Crippen LogP) is 3.12. The maximum atomic E-state index is 13.0. The van der Waals surface area contributed by atoms with Crippen molar-refractivity contribution < 1.29 is 17.6 Å². The van der Waals surface area contributed by atoms with Gasteiger partial charge in [0.1, 0.15) is 0 Å². The van der Waals surface area contributed by atoms with Crippen LogP contribution >= 0.6 is 22.6 Å². The minimum Gasteiger partial charge on any atom is -0.369 e. The van der Waals surface area contributed by atoms with Crippen molar-refractivity contribution in [1.29, 1.82) is 0 Å². The molecule has 18 heavy (non-hydrogen) atoms. The number of nitrogen functional groups attached to an aromatic ring is 1. The molecule has 0 saturated carbocycles. The Labute approximate surface area is 113 Å². The zero-order valence-electron chi connectivity index (χ0n) is 8.88. The smallest absolute Gasteiger partial charge is 0.324 e. The van der Waals surface area contributed by atoms with Crippen LogP contribution in [0.25, 0.3) is 11.0 Å². The Morgan fingerprint density at radius 2 is 2.06 bits per heavy atom. The number of hydrogen-bond acceptors (Lipinski definition) is 2. The zero-order valence-corrected chi connectivity index (χ0v) is 11.0. The van der Waals surface area contributed by atoms with Crippen LogP contribution < -0.4 is 5.73 Å². The second-order valence-electron chi connectivity index (χ2n) is 3.75. The first-order valence-corrected chi connectivity index (χ1v) is 5.96. The van der Waals surface area contributed by atoms with E-state index in [1.807, 2.05) is 22.6 Å². The van der Waals surface area contributed by atoms with Gasteiger partial charge in [-0.1, -0.05) is 0 Å². The van der Waals surface area contributed by atoms with Gasteiger partial charge < -0.3 is 10.3 Å². The first kappa shape index (κ1) is 13.4. The largest absolute Gasteiger partial charge is 0.369 e. The van der Waals surface area contributed by atoms with E-state index in [2.05, 4.69) is 4.98 Å². The lowest BCUT2D eigenvalue weighted by Gasteiger charge is -2.16. The van der Waals surface area contributed by atoms with Crippen molar-refractivity contribution in [3.05, 3.63) is 21.8 Å². The average molecular weight is 373 g/mol. The van der Waals surface area contributed by atoms with E-state index in [9.17, 15) is 17.6 Å². The number of nitrogens with zero attached hydrogens (tertiary/aromatic N) is 2. The molecule has 0 radical (unpaired) electrons. The Hall–Kier alpha value is -1.06. The van der Waals surface area contributed by atoms with Gasteiger partial charge >= 0.3 is 12.3 Å². The quantitative estimate of drug-likeness (QED) is 0.664. The van der Waals surface area contributed by atoms with E-state index in [0.717, 1.165) is 8.14 Å². The molecule has 2 N–H and O–H groups in total. The lowest BCUT2D eigenvalue weighted by Crippen LogP contribution is -2.32. The standard InChI is InChI=1S/C10H8F4IN3/c11-8(12)10(13,14)4-18-7-2-1-5(15)3-6(7)17-9(18)16/h1-3,8H,4H2,(H2,16,17). The van der Waals surface area contributed by atoms with E-state index < -0.39 is 18.9 Å². The van der Waals surface area contributed by atoms with Crippen molar-refractivity contribution in [3.8, 4) is 0 Å². The van der Waals surface area contributed by atoms with E-state index >= 15 is 0 Å². The van der Waals surface area contributed by atoms with Crippen LogP contribution in [-0.2, 0) is 6.54 Å². The fourth-order valence-corrected chi connectivity index (χ4v) is 2.04. The Morgan fingerprint density at radius 3 is 2.67 bits per heavy atom. The van der Waals surface area contributed by atoms with Gasteiger partial charge in [-0.2, -0.15) is 8.78 Å². The monoisotopic (exact) mass is 373 g/mol. The van der Waals surface area contributed by atoms with Crippen LogP contribution in [0.3, 0.4) is 0 Å². The van der Waals surface area contributed by atoms with E-state index in [4.69, 9.17) is 5.73 Å². The van der Waals surface area contributed by atoms with Gasteiger partial charge in [0.25, 0.3) is 0 Å². The minimum absolute atomic E-state index is 0.202. The number of nitrogens with two attached hydrogens (primary N) is 1. The molecule has 2 aromatic rings. The maximum absolute atomic E-state index is 13.0. The van der Waals surface area contributed by atoms with Crippen molar-refractivity contribution in [1.82, 2.24) is 9.55 Å². The summed E-state index contributed by atoms with van der Waals surface area (Å²) in [5.41, 5.74) is 6.20. The molecule has 1 heterocycles. The van der Waals surface area contributed by atoms with Gasteiger partial charge in [-0.05, 0) is 40.8 Å². The van der Waals surface area contributed by atoms with Gasteiger partial charge in [-0.25, -0.2) is 13.8 Å². The third-order valence-electron chi connectivity index (χ3n) is 2.43. The van der Waals surface area contributed by atoms with E-state index in [1.54, 1.807) is 12.1 Å². The summed E-state index contributed by atoms with van der Waals surface area (Å²) >= 11 is 2.03. The van der Waals surface area contributed by atoms with Crippen LogP contribution in [0.15, 0.2) is 18.2 Å². The second kappa shape index (κ2) is 4.56. The highest BCUT2D eigenvalue weighted by molar-refractivity contribution is 14.1. The van der Waals surface area contributed by atoms with Crippen LogP contribution in [0.4, 0.5) is 23.5 Å². The molecule has 1 aromatic carbocycles. The van der Waals surface area contributed by atoms with Crippen LogP contribution in [-0.4, -0.2) is 21.9 Å². The van der Waals surface area contributed by atoms with Crippen molar-refractivity contribution >= 4 is 39.6 Å². The summed E-state index contributed by atoms with van der Waals surface area (Å²) < 4.78 is 52.2. The molecule has 0 aliphatic rings. The fourth-order valence-electron chi connectivity index (χ4n) is 1.57. The number of halogens is 5. The molecule has 0 aliphatic carbocycles. The zero-order chi connectivity index (χ0) is 13.5. The number of imidazole rings is 1. The van der Waals surface area contributed by atoms with Crippen molar-refractivity contribution in [2.75, 3.05) is 5.73 Å². The van der Waals surface area contributed by atoms with Gasteiger partial charge in [0.15, 0.2) is 0 Å². The third-order valence-corrected chi connectivity index (χ3v) is 3.10. The number of benzene rings is 1. The number of alkyl halides is 4. The molecule has 0 fully saturated rings. The lowest BCUT2D eigenvalue weighted by atomic mass is 10.3. The normalized spacial score (nSPS) is 12.6. The first-order chi connectivity index (χ1) is 8.31. The van der Waals surface area contributed by atoms with Gasteiger partial charge in [0.2, 0.25) is 5.95 Å². The molecule has 0 amide bonds. The lowest BCUT2D eigenvalue weighted by molar-refractivity contribution is -0.136. The first-order valence-electron chi connectivity index (χ1n) is 4.88. The van der Waals surface area contributed by atoms with Crippen LogP contribution in [0.1, 0.15) is 0 Å². The number of hydrogen-bond donors (Lipinski definition) is 1. The molecule has 8 heteroatoms. The molecule has 2 rings (SSSR count). The molecule has 0 bridgehead atoms. The molecule has 98 valence electrons. The van der Waals surface area contributed by atoms with Crippen LogP contribution in [0.5, 0.6) is 0 Å². The van der Waals surface area contributed by atoms with E-state index in [-0.39, 0.29) is 5.95 Å². The Balaban J connectivity index is 2.48. The molecule has 0 aliphatic heterocycles. The predicted molar refractivity (Wildman–Crippen MR) is 67.8 cm³/mol. The molecule has 3 nitrogen and oxygen atoms in total. The van der Waals surface area contributed by atoms with Crippen LogP contribution in [0, 0.1) is 3.57 Å². The molecular weight excluding hydrogens is 365 g/mol. The van der Waals surface area contributed by atoms with Crippen LogP contribution in [0.2, 0.25) is 0 Å². The Bertz CT molecular complexity index is 582. The van der Waals surface area contributed by atoms with Crippen molar-refractivity contribution in [2.24, 2.45) is 0 Å². The molecule has 0 unspecified atom stereocenters. The number of rotatable bonds is 3. The molecule has 0 saturated heterocycles. The summed E-state index contributed by atoms with van der Waals surface area (Å²) in [6.45, 7) is -1.19. The van der Waals surface area contributed by atoms with Gasteiger partial charge in [-0.15, -0.1) is 0 Å². The topological polar surface area (TPSA) is 43.8 Å². The maximum Gasteiger partial charge on any atom is 0.324 e. The Kier molecular flexibility index (Phi) is 3.39. The summed E-state index contributed by atoms with van der Waals surface area (Å²) in [6, 6.07) is 4.84. The number of aromatic nitrogens is 2. The molecule has 0 spiro atoms. The summed E-state index contributed by atoms with van der Waals surface area (Å²) in [4.78, 5) is 3.88. The summed E-state index contributed by atoms with van der Waals surface area (Å²) in [5.74, 6) is -4.34. The van der Waals surface area contributed by atoms with Gasteiger partial charge in [-0.3, -0.25) is 0 Å². The highest BCUT2D eigenvalue weighted by atomic mass is 127. The third kappa shape index (κ3) is 2.38. The SMILES string of the molecule is Nc1nc2cc(I)ccc2n1CC(F)(F)C(F)F. The molecule has 1 aromatic heterocycles.